The second-order valence-corrected chi connectivity index (χ2v) is 6.52. The number of rotatable bonds is 4. The van der Waals surface area contributed by atoms with Crippen LogP contribution in [0.15, 0.2) is 12.1 Å². The van der Waals surface area contributed by atoms with Crippen LogP contribution >= 0.6 is 11.6 Å². The standard InChI is InChI=1S/C16H22ClN3O2/c1-10-6-11(2)15(13(17)7-10)19-14(21)9-20-5-3-4-12(8-20)16(18)22/h6-7,12H,3-5,8-9H2,1-2H3,(H2,18,22)(H,19,21)/p+1/t12-/m1/s1. The van der Waals surface area contributed by atoms with Crippen LogP contribution in [-0.2, 0) is 9.59 Å². The molecule has 0 radical (unpaired) electrons. The fourth-order valence-corrected chi connectivity index (χ4v) is 3.41. The minimum atomic E-state index is -0.268. The van der Waals surface area contributed by atoms with E-state index in [9.17, 15) is 9.59 Å². The average molecular weight is 325 g/mol. The van der Waals surface area contributed by atoms with Crippen molar-refractivity contribution in [3.8, 4) is 0 Å². The Morgan fingerprint density at radius 3 is 2.77 bits per heavy atom. The molecular formula is C16H23ClN3O2+. The van der Waals surface area contributed by atoms with Crippen molar-refractivity contribution in [1.82, 2.24) is 0 Å². The molecule has 0 aliphatic carbocycles. The molecule has 1 aliphatic rings. The minimum Gasteiger partial charge on any atom is -0.369 e. The molecule has 2 rings (SSSR count). The molecule has 1 unspecified atom stereocenters. The van der Waals surface area contributed by atoms with Gasteiger partial charge >= 0.3 is 0 Å². The van der Waals surface area contributed by atoms with E-state index in [-0.39, 0.29) is 17.7 Å². The van der Waals surface area contributed by atoms with Gasteiger partial charge in [-0.15, -0.1) is 0 Å². The Labute approximate surface area is 135 Å². The number of nitrogens with one attached hydrogen (secondary N) is 2. The third kappa shape index (κ3) is 4.21. The van der Waals surface area contributed by atoms with Gasteiger partial charge in [0.15, 0.2) is 6.54 Å². The van der Waals surface area contributed by atoms with E-state index >= 15 is 0 Å². The van der Waals surface area contributed by atoms with Gasteiger partial charge in [0.2, 0.25) is 5.91 Å². The van der Waals surface area contributed by atoms with Crippen molar-refractivity contribution in [2.45, 2.75) is 26.7 Å². The molecule has 4 N–H and O–H groups in total. The Hall–Kier alpha value is -1.59. The molecule has 1 fully saturated rings. The number of piperidine rings is 1. The number of primary amides is 1. The van der Waals surface area contributed by atoms with E-state index in [1.165, 1.54) is 0 Å². The normalized spacial score (nSPS) is 21.4. The first kappa shape index (κ1) is 16.8. The summed E-state index contributed by atoms with van der Waals surface area (Å²) >= 11 is 6.20. The van der Waals surface area contributed by atoms with Gasteiger partial charge in [-0.25, -0.2) is 0 Å². The van der Waals surface area contributed by atoms with E-state index in [0.29, 0.717) is 23.8 Å². The fourth-order valence-electron chi connectivity index (χ4n) is 3.04. The lowest BCUT2D eigenvalue weighted by Crippen LogP contribution is -3.14. The van der Waals surface area contributed by atoms with Gasteiger partial charge in [-0.3, -0.25) is 9.59 Å². The number of carbonyl (C=O) groups excluding carboxylic acids is 2. The zero-order valence-electron chi connectivity index (χ0n) is 13.0. The first-order valence-electron chi connectivity index (χ1n) is 7.56. The number of benzene rings is 1. The smallest absolute Gasteiger partial charge is 0.279 e. The molecule has 22 heavy (non-hydrogen) atoms. The number of amides is 2. The SMILES string of the molecule is Cc1cc(C)c(NC(=O)C[NH+]2CCC[C@@H](C(N)=O)C2)c(Cl)c1. The molecule has 120 valence electrons. The number of halogens is 1. The Morgan fingerprint density at radius 2 is 2.14 bits per heavy atom. The van der Waals surface area contributed by atoms with E-state index in [0.717, 1.165) is 35.4 Å². The topological polar surface area (TPSA) is 76.6 Å². The molecule has 0 saturated carbocycles. The Morgan fingerprint density at radius 1 is 1.41 bits per heavy atom. The van der Waals surface area contributed by atoms with Gasteiger partial charge in [0.1, 0.15) is 0 Å². The molecular weight excluding hydrogens is 302 g/mol. The summed E-state index contributed by atoms with van der Waals surface area (Å²) in [5.74, 6) is -0.481. The number of aryl methyl sites for hydroxylation is 2. The van der Waals surface area contributed by atoms with Crippen molar-refractivity contribution < 1.29 is 14.5 Å². The molecule has 1 aromatic rings. The Kier molecular flexibility index (Phi) is 5.42. The summed E-state index contributed by atoms with van der Waals surface area (Å²) in [6.07, 6.45) is 1.74. The zero-order valence-corrected chi connectivity index (χ0v) is 13.8. The highest BCUT2D eigenvalue weighted by Gasteiger charge is 2.28. The largest absolute Gasteiger partial charge is 0.369 e. The van der Waals surface area contributed by atoms with Crippen molar-refractivity contribution in [3.63, 3.8) is 0 Å². The fraction of sp³-hybridized carbons (Fsp3) is 0.500. The van der Waals surface area contributed by atoms with Crippen LogP contribution in [-0.4, -0.2) is 31.4 Å². The van der Waals surface area contributed by atoms with Crippen LogP contribution in [0.1, 0.15) is 24.0 Å². The van der Waals surface area contributed by atoms with Gasteiger partial charge in [-0.1, -0.05) is 17.7 Å². The predicted octanol–water partition coefficient (Wildman–Crippen LogP) is 0.676. The van der Waals surface area contributed by atoms with Crippen molar-refractivity contribution in [2.75, 3.05) is 25.0 Å². The number of anilines is 1. The molecule has 5 nitrogen and oxygen atoms in total. The maximum Gasteiger partial charge on any atom is 0.279 e. The molecule has 0 bridgehead atoms. The predicted molar refractivity (Wildman–Crippen MR) is 87.0 cm³/mol. The van der Waals surface area contributed by atoms with Gasteiger partial charge in [-0.2, -0.15) is 0 Å². The Balaban J connectivity index is 1.97. The number of hydrogen-bond donors (Lipinski definition) is 3. The van der Waals surface area contributed by atoms with Crippen molar-refractivity contribution >= 4 is 29.1 Å². The summed E-state index contributed by atoms with van der Waals surface area (Å²) in [7, 11) is 0. The van der Waals surface area contributed by atoms with Crippen LogP contribution in [0, 0.1) is 19.8 Å². The molecule has 1 heterocycles. The lowest BCUT2D eigenvalue weighted by molar-refractivity contribution is -0.899. The first-order chi connectivity index (χ1) is 10.4. The van der Waals surface area contributed by atoms with E-state index in [2.05, 4.69) is 5.32 Å². The van der Waals surface area contributed by atoms with Gasteiger partial charge in [0.05, 0.1) is 29.7 Å². The highest BCUT2D eigenvalue weighted by atomic mass is 35.5. The van der Waals surface area contributed by atoms with Crippen LogP contribution in [0.4, 0.5) is 5.69 Å². The lowest BCUT2D eigenvalue weighted by Gasteiger charge is -2.27. The van der Waals surface area contributed by atoms with Crippen molar-refractivity contribution in [1.29, 1.82) is 0 Å². The van der Waals surface area contributed by atoms with E-state index in [1.54, 1.807) is 0 Å². The van der Waals surface area contributed by atoms with E-state index in [1.807, 2.05) is 26.0 Å². The van der Waals surface area contributed by atoms with Gasteiger partial charge in [0.25, 0.3) is 5.91 Å². The number of carbonyl (C=O) groups is 2. The number of nitrogens with two attached hydrogens (primary N) is 1. The average Bonchev–Trinajstić information content (AvgIpc) is 2.43. The number of quaternary nitrogens is 1. The van der Waals surface area contributed by atoms with Crippen molar-refractivity contribution in [3.05, 3.63) is 28.3 Å². The molecule has 2 atom stereocenters. The third-order valence-corrected chi connectivity index (χ3v) is 4.43. The second kappa shape index (κ2) is 7.11. The van der Waals surface area contributed by atoms with Crippen LogP contribution in [0.2, 0.25) is 5.02 Å². The maximum atomic E-state index is 12.2. The van der Waals surface area contributed by atoms with Gasteiger partial charge in [-0.05, 0) is 43.9 Å². The molecule has 1 saturated heterocycles. The van der Waals surface area contributed by atoms with Crippen LogP contribution in [0.5, 0.6) is 0 Å². The molecule has 2 amide bonds. The number of likely N-dealkylation sites (tertiary alicyclic amines) is 1. The first-order valence-corrected chi connectivity index (χ1v) is 7.94. The summed E-state index contributed by atoms with van der Waals surface area (Å²) in [6, 6.07) is 3.82. The second-order valence-electron chi connectivity index (χ2n) is 6.11. The quantitative estimate of drug-likeness (QED) is 0.761. The molecule has 0 aromatic heterocycles. The Bertz CT molecular complexity index is 566. The monoisotopic (exact) mass is 324 g/mol. The van der Waals surface area contributed by atoms with Crippen molar-refractivity contribution in [2.24, 2.45) is 11.7 Å². The number of hydrogen-bond acceptors (Lipinski definition) is 2. The summed E-state index contributed by atoms with van der Waals surface area (Å²) in [6.45, 7) is 5.73. The zero-order chi connectivity index (χ0) is 16.3. The van der Waals surface area contributed by atoms with Gasteiger partial charge < -0.3 is 16.0 Å². The molecule has 0 spiro atoms. The molecule has 1 aromatic carbocycles. The van der Waals surface area contributed by atoms with Crippen LogP contribution in [0.3, 0.4) is 0 Å². The summed E-state index contributed by atoms with van der Waals surface area (Å²) < 4.78 is 0. The van der Waals surface area contributed by atoms with E-state index < -0.39 is 0 Å². The third-order valence-electron chi connectivity index (χ3n) is 4.13. The highest BCUT2D eigenvalue weighted by Crippen LogP contribution is 2.27. The molecule has 1 aliphatic heterocycles. The lowest BCUT2D eigenvalue weighted by atomic mass is 9.97. The minimum absolute atomic E-state index is 0.0889. The summed E-state index contributed by atoms with van der Waals surface area (Å²) in [4.78, 5) is 24.6. The van der Waals surface area contributed by atoms with Gasteiger partial charge in [0, 0.05) is 0 Å². The maximum absolute atomic E-state index is 12.2. The van der Waals surface area contributed by atoms with Crippen LogP contribution < -0.4 is 16.0 Å². The highest BCUT2D eigenvalue weighted by molar-refractivity contribution is 6.34. The van der Waals surface area contributed by atoms with Crippen LogP contribution in [0.25, 0.3) is 0 Å². The molecule has 6 heteroatoms. The summed E-state index contributed by atoms with van der Waals surface area (Å²) in [5, 5.41) is 3.44. The van der Waals surface area contributed by atoms with E-state index in [4.69, 9.17) is 17.3 Å². The summed E-state index contributed by atoms with van der Waals surface area (Å²) in [5.41, 5.74) is 8.04.